The maximum Gasteiger partial charge on any atom is 0.254 e. The van der Waals surface area contributed by atoms with Crippen molar-refractivity contribution in [3.05, 3.63) is 59.7 Å². The number of benzene rings is 2. The second-order valence-corrected chi connectivity index (χ2v) is 6.64. The first kappa shape index (κ1) is 17.4. The van der Waals surface area contributed by atoms with Crippen LogP contribution in [0.15, 0.2) is 48.5 Å². The number of carbonyl (C=O) groups is 2. The SMILES string of the molecule is CCC(=O)c1cccc(-c2ccc(C(=O)N3CCC[C@H]3CC)cc2)c1. The molecule has 1 atom stereocenters. The normalized spacial score (nSPS) is 16.9. The van der Waals surface area contributed by atoms with Gasteiger partial charge < -0.3 is 4.90 Å². The molecule has 3 rings (SSSR count). The van der Waals surface area contributed by atoms with Crippen LogP contribution in [0.1, 0.15) is 60.2 Å². The molecule has 1 amide bonds. The Hall–Kier alpha value is -2.42. The Morgan fingerprint density at radius 1 is 1.00 bits per heavy atom. The lowest BCUT2D eigenvalue weighted by Gasteiger charge is -2.23. The summed E-state index contributed by atoms with van der Waals surface area (Å²) in [5, 5.41) is 0. The molecule has 1 aliphatic rings. The highest BCUT2D eigenvalue weighted by Gasteiger charge is 2.27. The van der Waals surface area contributed by atoms with E-state index in [1.54, 1.807) is 0 Å². The van der Waals surface area contributed by atoms with E-state index in [4.69, 9.17) is 0 Å². The molecule has 0 bridgehead atoms. The van der Waals surface area contributed by atoms with Crippen molar-refractivity contribution in [2.75, 3.05) is 6.54 Å². The molecule has 130 valence electrons. The topological polar surface area (TPSA) is 37.4 Å². The molecule has 1 saturated heterocycles. The van der Waals surface area contributed by atoms with Crippen molar-refractivity contribution >= 4 is 11.7 Å². The van der Waals surface area contributed by atoms with Crippen molar-refractivity contribution in [3.8, 4) is 11.1 Å². The van der Waals surface area contributed by atoms with E-state index in [-0.39, 0.29) is 11.7 Å². The predicted octanol–water partition coefficient (Wildman–Crippen LogP) is 4.96. The summed E-state index contributed by atoms with van der Waals surface area (Å²) in [7, 11) is 0. The Labute approximate surface area is 149 Å². The Morgan fingerprint density at radius 3 is 2.44 bits per heavy atom. The van der Waals surface area contributed by atoms with E-state index >= 15 is 0 Å². The molecular weight excluding hydrogens is 310 g/mol. The number of carbonyl (C=O) groups excluding carboxylic acids is 2. The van der Waals surface area contributed by atoms with Crippen molar-refractivity contribution in [1.82, 2.24) is 4.90 Å². The summed E-state index contributed by atoms with van der Waals surface area (Å²) in [6, 6.07) is 15.8. The van der Waals surface area contributed by atoms with Gasteiger partial charge in [0.1, 0.15) is 0 Å². The first-order valence-electron chi connectivity index (χ1n) is 9.18. The average molecular weight is 335 g/mol. The number of nitrogens with zero attached hydrogens (tertiary/aromatic N) is 1. The monoisotopic (exact) mass is 335 g/mol. The number of likely N-dealkylation sites (tertiary alicyclic amines) is 1. The summed E-state index contributed by atoms with van der Waals surface area (Å²) in [4.78, 5) is 26.6. The van der Waals surface area contributed by atoms with Gasteiger partial charge in [0.15, 0.2) is 5.78 Å². The van der Waals surface area contributed by atoms with E-state index in [0.717, 1.165) is 48.1 Å². The van der Waals surface area contributed by atoms with Crippen molar-refractivity contribution in [1.29, 1.82) is 0 Å². The molecule has 0 aliphatic carbocycles. The second-order valence-electron chi connectivity index (χ2n) is 6.64. The van der Waals surface area contributed by atoms with E-state index in [9.17, 15) is 9.59 Å². The fraction of sp³-hybridized carbons (Fsp3) is 0.364. The summed E-state index contributed by atoms with van der Waals surface area (Å²) >= 11 is 0. The Morgan fingerprint density at radius 2 is 1.76 bits per heavy atom. The molecule has 0 unspecified atom stereocenters. The average Bonchev–Trinajstić information content (AvgIpc) is 3.15. The highest BCUT2D eigenvalue weighted by atomic mass is 16.2. The number of amides is 1. The first-order chi connectivity index (χ1) is 12.1. The van der Waals surface area contributed by atoms with Crippen LogP contribution in [-0.4, -0.2) is 29.2 Å². The van der Waals surface area contributed by atoms with Crippen molar-refractivity contribution in [2.45, 2.75) is 45.6 Å². The minimum absolute atomic E-state index is 0.130. The van der Waals surface area contributed by atoms with Crippen LogP contribution < -0.4 is 0 Å². The van der Waals surface area contributed by atoms with Crippen molar-refractivity contribution in [2.24, 2.45) is 0 Å². The van der Waals surface area contributed by atoms with E-state index in [0.29, 0.717) is 12.5 Å². The van der Waals surface area contributed by atoms with Gasteiger partial charge in [-0.1, -0.05) is 44.2 Å². The maximum atomic E-state index is 12.7. The molecule has 25 heavy (non-hydrogen) atoms. The fourth-order valence-electron chi connectivity index (χ4n) is 3.57. The number of rotatable bonds is 5. The Kier molecular flexibility index (Phi) is 5.32. The summed E-state index contributed by atoms with van der Waals surface area (Å²) in [5.41, 5.74) is 3.51. The van der Waals surface area contributed by atoms with Gasteiger partial charge in [-0.2, -0.15) is 0 Å². The van der Waals surface area contributed by atoms with Gasteiger partial charge in [0.25, 0.3) is 5.91 Å². The Balaban J connectivity index is 1.81. The standard InChI is InChI=1S/C22H25NO2/c1-3-20-9-6-14-23(20)22(25)17-12-10-16(11-13-17)18-7-5-8-19(15-18)21(24)4-2/h5,7-8,10-13,15,20H,3-4,6,9,14H2,1-2H3/t20-/m1/s1. The summed E-state index contributed by atoms with van der Waals surface area (Å²) in [5.74, 6) is 0.277. The number of hydrogen-bond donors (Lipinski definition) is 0. The molecule has 1 fully saturated rings. The molecule has 0 aromatic heterocycles. The number of ketones is 1. The predicted molar refractivity (Wildman–Crippen MR) is 101 cm³/mol. The zero-order chi connectivity index (χ0) is 17.8. The van der Waals surface area contributed by atoms with E-state index < -0.39 is 0 Å². The Bertz CT molecular complexity index is 764. The maximum absolute atomic E-state index is 12.7. The summed E-state index contributed by atoms with van der Waals surface area (Å²) < 4.78 is 0. The highest BCUT2D eigenvalue weighted by molar-refractivity contribution is 5.97. The molecule has 1 heterocycles. The van der Waals surface area contributed by atoms with E-state index in [1.165, 1.54) is 0 Å². The molecule has 3 heteroatoms. The molecule has 0 radical (unpaired) electrons. The zero-order valence-corrected chi connectivity index (χ0v) is 15.0. The third kappa shape index (κ3) is 3.65. The van der Waals surface area contributed by atoms with E-state index in [2.05, 4.69) is 6.92 Å². The van der Waals surface area contributed by atoms with Gasteiger partial charge in [0.05, 0.1) is 0 Å². The van der Waals surface area contributed by atoms with Crippen LogP contribution in [0.3, 0.4) is 0 Å². The van der Waals surface area contributed by atoms with Crippen LogP contribution in [0, 0.1) is 0 Å². The van der Waals surface area contributed by atoms with Crippen molar-refractivity contribution in [3.63, 3.8) is 0 Å². The lowest BCUT2D eigenvalue weighted by Crippen LogP contribution is -2.35. The van der Waals surface area contributed by atoms with Gasteiger partial charge in [0.2, 0.25) is 0 Å². The van der Waals surface area contributed by atoms with Crippen LogP contribution in [-0.2, 0) is 0 Å². The highest BCUT2D eigenvalue weighted by Crippen LogP contribution is 2.25. The molecule has 2 aromatic carbocycles. The van der Waals surface area contributed by atoms with E-state index in [1.807, 2.05) is 60.4 Å². The van der Waals surface area contributed by atoms with Crippen LogP contribution >= 0.6 is 0 Å². The third-order valence-electron chi connectivity index (χ3n) is 5.08. The van der Waals surface area contributed by atoms with Crippen molar-refractivity contribution < 1.29 is 9.59 Å². The molecule has 0 spiro atoms. The first-order valence-corrected chi connectivity index (χ1v) is 9.18. The lowest BCUT2D eigenvalue weighted by molar-refractivity contribution is 0.0733. The van der Waals surface area contributed by atoms with Crippen LogP contribution in [0.5, 0.6) is 0 Å². The molecule has 0 N–H and O–H groups in total. The zero-order valence-electron chi connectivity index (χ0n) is 15.0. The summed E-state index contributed by atoms with van der Waals surface area (Å²) in [6.45, 7) is 4.88. The number of hydrogen-bond acceptors (Lipinski definition) is 2. The largest absolute Gasteiger partial charge is 0.336 e. The molecule has 1 aliphatic heterocycles. The van der Waals surface area contributed by atoms with Gasteiger partial charge in [0, 0.05) is 30.1 Å². The van der Waals surface area contributed by atoms with Gasteiger partial charge >= 0.3 is 0 Å². The summed E-state index contributed by atoms with van der Waals surface area (Å²) in [6.07, 6.45) is 3.73. The quantitative estimate of drug-likeness (QED) is 0.724. The van der Waals surface area contributed by atoms with Gasteiger partial charge in [-0.05, 0) is 48.6 Å². The molecule has 2 aromatic rings. The molecule has 3 nitrogen and oxygen atoms in total. The van der Waals surface area contributed by atoms with Crippen LogP contribution in [0.4, 0.5) is 0 Å². The minimum Gasteiger partial charge on any atom is -0.336 e. The number of Topliss-reactive ketones (excluding diaryl/α,β-unsaturated/α-hetero) is 1. The smallest absolute Gasteiger partial charge is 0.254 e. The lowest BCUT2D eigenvalue weighted by atomic mass is 9.99. The molecular formula is C22H25NO2. The molecule has 0 saturated carbocycles. The van der Waals surface area contributed by atoms with Gasteiger partial charge in [-0.3, -0.25) is 9.59 Å². The van der Waals surface area contributed by atoms with Gasteiger partial charge in [-0.25, -0.2) is 0 Å². The second kappa shape index (κ2) is 7.64. The van der Waals surface area contributed by atoms with Gasteiger partial charge in [-0.15, -0.1) is 0 Å². The minimum atomic E-state index is 0.130. The third-order valence-corrected chi connectivity index (χ3v) is 5.08. The van der Waals surface area contributed by atoms with Crippen LogP contribution in [0.2, 0.25) is 0 Å². The van der Waals surface area contributed by atoms with Crippen LogP contribution in [0.25, 0.3) is 11.1 Å². The fourth-order valence-corrected chi connectivity index (χ4v) is 3.57.